The van der Waals surface area contributed by atoms with Crippen molar-refractivity contribution in [2.75, 3.05) is 57.3 Å². The molecule has 0 saturated heterocycles. The first kappa shape index (κ1) is 48.7. The largest absolute Gasteiger partial charge is 0.871 e. The molecule has 2 heterocycles. The number of nitrogens with two attached hydrogens (primary N) is 4. The van der Waals surface area contributed by atoms with Crippen LogP contribution in [0.25, 0.3) is 0 Å². The van der Waals surface area contributed by atoms with E-state index in [9.17, 15) is 29.1 Å². The number of fused-ring (bicyclic) bond motifs is 2. The quantitative estimate of drug-likeness (QED) is 0.0529. The summed E-state index contributed by atoms with van der Waals surface area (Å²) in [5.41, 5.74) is 29.2. The molecular weight excluding hydrogens is 861 g/mol. The standard InChI is InChI=1S/C52H60N10O6/c1-51(2)39-25-35(49(67)59-23-19-55)13-15-41(39)61(29-31-5-9-33(10-6-31)47(65)57-21-17-53)43(51)27-37-45(63)38(46(37)64)28-44-52(3,4)40-26-36(50(68)60-24-20-56)14-16-42(40)62(44)30-32-7-11-34(12-8-32)48(66)58-22-18-54/h5-16,25-28H,17-24,29-30,53-56H2,1-4H3,(H4-,57,58,59,60,63,64,65,66,67,68). The Morgan fingerprint density at radius 1 is 0.603 bits per heavy atom. The Labute approximate surface area is 396 Å². The van der Waals surface area contributed by atoms with Crippen molar-refractivity contribution < 1.29 is 33.7 Å². The van der Waals surface area contributed by atoms with Gasteiger partial charge in [-0.25, -0.2) is 0 Å². The molecule has 3 aliphatic rings. The predicted octanol–water partition coefficient (Wildman–Crippen LogP) is 2.02. The molecule has 7 rings (SSSR count). The van der Waals surface area contributed by atoms with E-state index in [1.165, 1.54) is 0 Å². The van der Waals surface area contributed by atoms with Gasteiger partial charge in [-0.05, 0) is 85.6 Å². The maximum atomic E-state index is 14.4. The van der Waals surface area contributed by atoms with Gasteiger partial charge in [-0.2, -0.15) is 4.58 Å². The number of allylic oxidation sites excluding steroid dienone is 5. The van der Waals surface area contributed by atoms with E-state index in [0.717, 1.165) is 33.6 Å². The van der Waals surface area contributed by atoms with Crippen LogP contribution in [-0.4, -0.2) is 92.1 Å². The number of nitrogens with one attached hydrogen (secondary N) is 4. The highest BCUT2D eigenvalue weighted by atomic mass is 16.3. The summed E-state index contributed by atoms with van der Waals surface area (Å²) in [6, 6.07) is 25.3. The van der Waals surface area contributed by atoms with E-state index in [1.807, 2.05) is 85.7 Å². The first-order chi connectivity index (χ1) is 32.5. The van der Waals surface area contributed by atoms with Crippen molar-refractivity contribution in [3.63, 3.8) is 0 Å². The molecule has 1 aliphatic carbocycles. The first-order valence-corrected chi connectivity index (χ1v) is 22.8. The summed E-state index contributed by atoms with van der Waals surface area (Å²) in [7, 11) is 0. The van der Waals surface area contributed by atoms with Crippen molar-refractivity contribution in [2.24, 2.45) is 22.9 Å². The lowest BCUT2D eigenvalue weighted by atomic mass is 9.77. The zero-order valence-corrected chi connectivity index (χ0v) is 39.0. The maximum absolute atomic E-state index is 14.4. The van der Waals surface area contributed by atoms with Gasteiger partial charge in [-0.3, -0.25) is 24.0 Å². The highest BCUT2D eigenvalue weighted by Crippen LogP contribution is 2.50. The third kappa shape index (κ3) is 9.62. The third-order valence-electron chi connectivity index (χ3n) is 12.7. The van der Waals surface area contributed by atoms with Crippen molar-refractivity contribution >= 4 is 46.5 Å². The molecule has 0 atom stereocenters. The Hall–Kier alpha value is -7.24. The zero-order valence-electron chi connectivity index (χ0n) is 39.0. The van der Waals surface area contributed by atoms with E-state index in [-0.39, 0.29) is 47.9 Å². The van der Waals surface area contributed by atoms with Gasteiger partial charge in [0.1, 0.15) is 0 Å². The van der Waals surface area contributed by atoms with Gasteiger partial charge in [0.25, 0.3) is 23.6 Å². The van der Waals surface area contributed by atoms with Crippen LogP contribution < -0.4 is 54.2 Å². The first-order valence-electron chi connectivity index (χ1n) is 22.8. The highest BCUT2D eigenvalue weighted by Gasteiger charge is 2.47. The fourth-order valence-corrected chi connectivity index (χ4v) is 8.90. The predicted molar refractivity (Wildman–Crippen MR) is 260 cm³/mol. The minimum Gasteiger partial charge on any atom is -0.871 e. The molecule has 354 valence electrons. The van der Waals surface area contributed by atoms with Gasteiger partial charge in [0.2, 0.25) is 5.69 Å². The normalized spacial score (nSPS) is 16.7. The number of rotatable bonds is 18. The van der Waals surface area contributed by atoms with Crippen LogP contribution in [0.1, 0.15) is 91.4 Å². The van der Waals surface area contributed by atoms with Crippen molar-refractivity contribution in [3.8, 4) is 0 Å². The summed E-state index contributed by atoms with van der Waals surface area (Å²) in [5, 5.41) is 25.7. The van der Waals surface area contributed by atoms with Gasteiger partial charge in [0, 0.05) is 132 Å². The molecule has 4 aromatic rings. The zero-order chi connectivity index (χ0) is 48.9. The molecule has 16 heteroatoms. The molecule has 0 radical (unpaired) electrons. The summed E-state index contributed by atoms with van der Waals surface area (Å²) >= 11 is 0. The summed E-state index contributed by atoms with van der Waals surface area (Å²) in [4.78, 5) is 68.1. The van der Waals surface area contributed by atoms with E-state index in [4.69, 9.17) is 22.9 Å². The van der Waals surface area contributed by atoms with Crippen LogP contribution in [-0.2, 0) is 28.7 Å². The molecule has 68 heavy (non-hydrogen) atoms. The average Bonchev–Trinajstić information content (AvgIpc) is 3.68. The number of carbonyl (C=O) groups excluding carboxylic acids is 5. The molecule has 16 nitrogen and oxygen atoms in total. The van der Waals surface area contributed by atoms with E-state index in [2.05, 4.69) is 21.3 Å². The number of carbonyl (C=O) groups is 5. The Morgan fingerprint density at radius 3 is 1.56 bits per heavy atom. The van der Waals surface area contributed by atoms with Crippen molar-refractivity contribution in [3.05, 3.63) is 164 Å². The van der Waals surface area contributed by atoms with Crippen LogP contribution in [0, 0.1) is 0 Å². The Kier molecular flexibility index (Phi) is 14.6. The van der Waals surface area contributed by atoms with E-state index in [0.29, 0.717) is 86.0 Å². The minimum absolute atomic E-state index is 0.0211. The van der Waals surface area contributed by atoms with Crippen LogP contribution in [0.2, 0.25) is 0 Å². The van der Waals surface area contributed by atoms with Gasteiger partial charge in [-0.15, -0.1) is 0 Å². The van der Waals surface area contributed by atoms with Gasteiger partial charge >= 0.3 is 0 Å². The van der Waals surface area contributed by atoms with Crippen molar-refractivity contribution in [1.82, 2.24) is 21.3 Å². The summed E-state index contributed by atoms with van der Waals surface area (Å²) in [5.74, 6) is -1.85. The number of nitrogens with zero attached hydrogens (tertiary/aromatic N) is 2. The Balaban J connectivity index is 1.29. The lowest BCUT2D eigenvalue weighted by Crippen LogP contribution is -2.35. The molecule has 4 amide bonds. The lowest BCUT2D eigenvalue weighted by Gasteiger charge is -2.33. The molecule has 0 fully saturated rings. The van der Waals surface area contributed by atoms with Crippen LogP contribution >= 0.6 is 0 Å². The number of hydrogen-bond donors (Lipinski definition) is 8. The monoisotopic (exact) mass is 920 g/mol. The smallest absolute Gasteiger partial charge is 0.251 e. The van der Waals surface area contributed by atoms with E-state index < -0.39 is 22.4 Å². The highest BCUT2D eigenvalue weighted by molar-refractivity contribution is 6.24. The molecular formula is C52H60N10O6. The number of ketones is 1. The molecule has 4 aromatic carbocycles. The fraction of sp³-hybridized carbons (Fsp3) is 0.308. The lowest BCUT2D eigenvalue weighted by molar-refractivity contribution is -0.455. The molecule has 12 N–H and O–H groups in total. The summed E-state index contributed by atoms with van der Waals surface area (Å²) in [6.07, 6.45) is 3.33. The number of benzene rings is 4. The molecule has 0 unspecified atom stereocenters. The fourth-order valence-electron chi connectivity index (χ4n) is 8.90. The van der Waals surface area contributed by atoms with Gasteiger partial charge in [0.15, 0.2) is 18.0 Å². The van der Waals surface area contributed by atoms with Crippen LogP contribution in [0.5, 0.6) is 0 Å². The van der Waals surface area contributed by atoms with E-state index >= 15 is 0 Å². The Bertz CT molecular complexity index is 2790. The molecule has 0 saturated carbocycles. The van der Waals surface area contributed by atoms with Crippen molar-refractivity contribution in [2.45, 2.75) is 51.6 Å². The molecule has 2 aliphatic heterocycles. The number of hydrogen-bond acceptors (Lipinski definition) is 11. The SMILES string of the molecule is CC1(C)C(/C=C2/C(=O)C(/C=C3\N(Cc4ccc(C(=O)NCCN)cc4)c4ccc(C(=O)NCCN)cc4C3(C)C)=C2[O-])=[N+](Cc2ccc(C(=O)NCCN)cc2)c2ccc(C(=O)NCCN)cc21. The molecule has 0 aromatic heterocycles. The van der Waals surface area contributed by atoms with Gasteiger partial charge in [0.05, 0.1) is 5.41 Å². The number of anilines is 1. The second kappa shape index (κ2) is 20.3. The molecule has 0 bridgehead atoms. The second-order valence-electron chi connectivity index (χ2n) is 18.0. The van der Waals surface area contributed by atoms with Crippen LogP contribution in [0.15, 0.2) is 120 Å². The summed E-state index contributed by atoms with van der Waals surface area (Å²) < 4.78 is 2.04. The maximum Gasteiger partial charge on any atom is 0.251 e. The van der Waals surface area contributed by atoms with E-state index in [1.54, 1.807) is 48.6 Å². The van der Waals surface area contributed by atoms with Gasteiger partial charge in [-0.1, -0.05) is 43.9 Å². The van der Waals surface area contributed by atoms with Crippen molar-refractivity contribution in [1.29, 1.82) is 0 Å². The Morgan fingerprint density at radius 2 is 1.06 bits per heavy atom. The van der Waals surface area contributed by atoms with Gasteiger partial charge < -0.3 is 54.2 Å². The number of amides is 4. The summed E-state index contributed by atoms with van der Waals surface area (Å²) in [6.45, 7) is 11.1. The third-order valence-corrected chi connectivity index (χ3v) is 12.7. The van der Waals surface area contributed by atoms with Crippen LogP contribution in [0.3, 0.4) is 0 Å². The number of Topliss-reactive ketones (excluding diaryl/α,β-unsaturated/α-hetero) is 1. The molecule has 0 spiro atoms. The second-order valence-corrected chi connectivity index (χ2v) is 18.0. The van der Waals surface area contributed by atoms with Crippen LogP contribution in [0.4, 0.5) is 11.4 Å². The topological polar surface area (TPSA) is 267 Å². The minimum atomic E-state index is -0.774. The average molecular weight is 921 g/mol.